The van der Waals surface area contributed by atoms with Gasteiger partial charge in [0.15, 0.2) is 0 Å². The maximum atomic E-state index is 12.4. The fraction of sp³-hybridized carbons (Fsp3) is 0.455. The molecule has 1 fully saturated rings. The Morgan fingerprint density at radius 2 is 2.17 bits per heavy atom. The third-order valence-electron chi connectivity index (χ3n) is 2.67. The maximum absolute atomic E-state index is 12.4. The summed E-state index contributed by atoms with van der Waals surface area (Å²) in [4.78, 5) is 0.0510. The molecule has 1 heterocycles. The molecule has 0 bridgehead atoms. The third kappa shape index (κ3) is 3.01. The molecule has 0 unspecified atom stereocenters. The summed E-state index contributed by atoms with van der Waals surface area (Å²) in [5.41, 5.74) is 0. The molecule has 18 heavy (non-hydrogen) atoms. The fourth-order valence-corrected chi connectivity index (χ4v) is 5.12. The first-order valence-electron chi connectivity index (χ1n) is 5.33. The second kappa shape index (κ2) is 5.40. The lowest BCUT2D eigenvalue weighted by Crippen LogP contribution is -2.33. The van der Waals surface area contributed by atoms with Gasteiger partial charge in [-0.1, -0.05) is 29.1 Å². The van der Waals surface area contributed by atoms with Gasteiger partial charge in [-0.3, -0.25) is 0 Å². The Bertz CT molecular complexity index is 585. The SMILES string of the molecule is C#CCN(CC1CC1)S(=O)(=O)c1cc(Cl)sc1Cl. The van der Waals surface area contributed by atoms with Crippen LogP contribution in [0.2, 0.25) is 8.67 Å². The molecule has 0 saturated heterocycles. The van der Waals surface area contributed by atoms with Crippen molar-refractivity contribution < 1.29 is 8.42 Å². The van der Waals surface area contributed by atoms with Crippen LogP contribution in [0.15, 0.2) is 11.0 Å². The zero-order chi connectivity index (χ0) is 13.3. The summed E-state index contributed by atoms with van der Waals surface area (Å²) in [5, 5.41) is 0. The molecule has 1 aliphatic rings. The van der Waals surface area contributed by atoms with Gasteiger partial charge in [-0.2, -0.15) is 4.31 Å². The molecule has 0 radical (unpaired) electrons. The molecule has 98 valence electrons. The summed E-state index contributed by atoms with van der Waals surface area (Å²) in [6.07, 6.45) is 7.33. The van der Waals surface area contributed by atoms with E-state index in [0.717, 1.165) is 24.2 Å². The molecule has 0 aliphatic heterocycles. The summed E-state index contributed by atoms with van der Waals surface area (Å²) in [7, 11) is -3.64. The van der Waals surface area contributed by atoms with E-state index in [-0.39, 0.29) is 15.8 Å². The number of hydrogen-bond donors (Lipinski definition) is 0. The number of sulfonamides is 1. The van der Waals surface area contributed by atoms with Gasteiger partial charge in [0.1, 0.15) is 9.23 Å². The van der Waals surface area contributed by atoms with Crippen LogP contribution < -0.4 is 0 Å². The summed E-state index contributed by atoms with van der Waals surface area (Å²) in [6.45, 7) is 0.513. The van der Waals surface area contributed by atoms with Gasteiger partial charge in [0.2, 0.25) is 10.0 Å². The van der Waals surface area contributed by atoms with Crippen molar-refractivity contribution in [3.63, 3.8) is 0 Å². The average molecular weight is 324 g/mol. The molecule has 3 nitrogen and oxygen atoms in total. The fourth-order valence-electron chi connectivity index (χ4n) is 1.58. The van der Waals surface area contributed by atoms with Crippen LogP contribution >= 0.6 is 34.5 Å². The normalized spacial score (nSPS) is 15.9. The second-order valence-electron chi connectivity index (χ2n) is 4.13. The van der Waals surface area contributed by atoms with Crippen molar-refractivity contribution in [1.29, 1.82) is 0 Å². The molecule has 1 aromatic heterocycles. The molecule has 2 rings (SSSR count). The van der Waals surface area contributed by atoms with Crippen molar-refractivity contribution >= 4 is 44.6 Å². The summed E-state index contributed by atoms with van der Waals surface area (Å²) in [5.74, 6) is 2.79. The number of terminal acetylenes is 1. The number of thiophene rings is 1. The molecule has 0 N–H and O–H groups in total. The van der Waals surface area contributed by atoms with Crippen molar-refractivity contribution in [2.75, 3.05) is 13.1 Å². The average Bonchev–Trinajstić information content (AvgIpc) is 3.02. The van der Waals surface area contributed by atoms with Gasteiger partial charge in [-0.25, -0.2) is 8.42 Å². The van der Waals surface area contributed by atoms with E-state index in [4.69, 9.17) is 29.6 Å². The van der Waals surface area contributed by atoms with Gasteiger partial charge < -0.3 is 0 Å². The Morgan fingerprint density at radius 1 is 1.50 bits per heavy atom. The molecule has 1 aliphatic carbocycles. The standard InChI is InChI=1S/C11H11Cl2NO2S2/c1-2-5-14(7-8-3-4-8)18(15,16)9-6-10(12)17-11(9)13/h1,6,8H,3-5,7H2. The van der Waals surface area contributed by atoms with E-state index in [9.17, 15) is 8.42 Å². The highest BCUT2D eigenvalue weighted by Gasteiger charge is 2.33. The molecular formula is C11H11Cl2NO2S2. The minimum atomic E-state index is -3.64. The summed E-state index contributed by atoms with van der Waals surface area (Å²) in [6, 6.07) is 1.38. The van der Waals surface area contributed by atoms with Gasteiger partial charge in [-0.15, -0.1) is 17.8 Å². The molecule has 0 aromatic carbocycles. The second-order valence-corrected chi connectivity index (χ2v) is 8.33. The maximum Gasteiger partial charge on any atom is 0.246 e. The topological polar surface area (TPSA) is 37.4 Å². The number of nitrogens with zero attached hydrogens (tertiary/aromatic N) is 1. The number of rotatable bonds is 5. The minimum absolute atomic E-state index is 0.0510. The van der Waals surface area contributed by atoms with Crippen LogP contribution in [0.3, 0.4) is 0 Å². The van der Waals surface area contributed by atoms with E-state index in [2.05, 4.69) is 5.92 Å². The van der Waals surface area contributed by atoms with E-state index in [1.165, 1.54) is 10.4 Å². The monoisotopic (exact) mass is 323 g/mol. The van der Waals surface area contributed by atoms with Crippen molar-refractivity contribution in [3.05, 3.63) is 14.7 Å². The first-order chi connectivity index (χ1) is 8.45. The largest absolute Gasteiger partial charge is 0.246 e. The van der Waals surface area contributed by atoms with Crippen LogP contribution in [-0.4, -0.2) is 25.8 Å². The van der Waals surface area contributed by atoms with Crippen LogP contribution in [0.1, 0.15) is 12.8 Å². The Labute approximate surface area is 121 Å². The summed E-state index contributed by atoms with van der Waals surface area (Å²) >= 11 is 12.7. The van der Waals surface area contributed by atoms with Crippen LogP contribution in [0.25, 0.3) is 0 Å². The lowest BCUT2D eigenvalue weighted by Gasteiger charge is -2.19. The highest BCUT2D eigenvalue weighted by atomic mass is 35.5. The highest BCUT2D eigenvalue weighted by Crippen LogP contribution is 2.37. The molecule has 1 saturated carbocycles. The van der Waals surface area contributed by atoms with Crippen LogP contribution in [-0.2, 0) is 10.0 Å². The highest BCUT2D eigenvalue weighted by molar-refractivity contribution is 7.89. The lowest BCUT2D eigenvalue weighted by atomic mass is 10.4. The molecule has 0 spiro atoms. The van der Waals surface area contributed by atoms with Crippen molar-refractivity contribution in [3.8, 4) is 12.3 Å². The zero-order valence-electron chi connectivity index (χ0n) is 9.40. The molecule has 7 heteroatoms. The lowest BCUT2D eigenvalue weighted by molar-refractivity contribution is 0.430. The quantitative estimate of drug-likeness (QED) is 0.781. The molecular weight excluding hydrogens is 313 g/mol. The van der Waals surface area contributed by atoms with Crippen molar-refractivity contribution in [1.82, 2.24) is 4.31 Å². The smallest absolute Gasteiger partial charge is 0.207 e. The van der Waals surface area contributed by atoms with Crippen LogP contribution in [0, 0.1) is 18.3 Å². The van der Waals surface area contributed by atoms with Gasteiger partial charge in [-0.05, 0) is 24.8 Å². The Hall–Kier alpha value is -0.250. The Balaban J connectivity index is 2.32. The van der Waals surface area contributed by atoms with E-state index in [1.807, 2.05) is 0 Å². The van der Waals surface area contributed by atoms with E-state index in [1.54, 1.807) is 0 Å². The van der Waals surface area contributed by atoms with Crippen LogP contribution in [0.5, 0.6) is 0 Å². The minimum Gasteiger partial charge on any atom is -0.207 e. The zero-order valence-corrected chi connectivity index (χ0v) is 12.5. The first-order valence-corrected chi connectivity index (χ1v) is 8.35. The van der Waals surface area contributed by atoms with E-state index >= 15 is 0 Å². The molecule has 0 amide bonds. The van der Waals surface area contributed by atoms with Gasteiger partial charge >= 0.3 is 0 Å². The molecule has 0 atom stereocenters. The van der Waals surface area contributed by atoms with Gasteiger partial charge in [0.05, 0.1) is 10.9 Å². The van der Waals surface area contributed by atoms with Crippen molar-refractivity contribution in [2.45, 2.75) is 17.7 Å². The predicted octanol–water partition coefficient (Wildman–Crippen LogP) is 3.09. The number of hydrogen-bond acceptors (Lipinski definition) is 3. The van der Waals surface area contributed by atoms with Crippen LogP contribution in [0.4, 0.5) is 0 Å². The Morgan fingerprint density at radius 3 is 2.61 bits per heavy atom. The molecule has 1 aromatic rings. The van der Waals surface area contributed by atoms with Gasteiger partial charge in [0.25, 0.3) is 0 Å². The first kappa shape index (κ1) is 14.2. The Kier molecular flexibility index (Phi) is 4.25. The summed E-state index contributed by atoms with van der Waals surface area (Å²) < 4.78 is 26.7. The predicted molar refractivity (Wildman–Crippen MR) is 74.7 cm³/mol. The van der Waals surface area contributed by atoms with E-state index < -0.39 is 10.0 Å². The number of halogens is 2. The van der Waals surface area contributed by atoms with Crippen molar-refractivity contribution in [2.24, 2.45) is 5.92 Å². The third-order valence-corrected chi connectivity index (χ3v) is 6.23. The van der Waals surface area contributed by atoms with E-state index in [0.29, 0.717) is 16.8 Å². The van der Waals surface area contributed by atoms with Gasteiger partial charge in [0, 0.05) is 6.54 Å².